The van der Waals surface area contributed by atoms with Crippen LogP contribution < -0.4 is 10.1 Å². The smallest absolute Gasteiger partial charge is 0.407 e. The average Bonchev–Trinajstić information content (AvgIpc) is 2.76. The Hall–Kier alpha value is -3.14. The Balaban J connectivity index is 1.74. The van der Waals surface area contributed by atoms with Gasteiger partial charge in [-0.3, -0.25) is 9.59 Å². The molecule has 1 heterocycles. The van der Waals surface area contributed by atoms with Gasteiger partial charge in [0.1, 0.15) is 12.4 Å². The molecule has 10 heteroatoms. The molecule has 2 N–H and O–H groups in total. The minimum atomic E-state index is -0.956. The Morgan fingerprint density at radius 1 is 1.13 bits per heavy atom. The zero-order valence-corrected chi connectivity index (χ0v) is 17.7. The molecule has 1 fully saturated rings. The van der Waals surface area contributed by atoms with Gasteiger partial charge in [0, 0.05) is 18.7 Å². The second kappa shape index (κ2) is 11.9. The molecule has 2 amide bonds. The van der Waals surface area contributed by atoms with Crippen LogP contribution in [0.25, 0.3) is 0 Å². The van der Waals surface area contributed by atoms with Gasteiger partial charge >= 0.3 is 12.1 Å². The number of amides is 2. The Labute approximate surface area is 180 Å². The first-order valence-corrected chi connectivity index (χ1v) is 10.1. The standard InChI is InChI=1S/C21H28N2O8/c1-3-29-19(25)13-31-16-6-4-15(5-7-16)20(26)14(2)22-18(24)12-30-17-8-10-23(11-9-17)21(27)28/h4-7,14,17H,3,8-13H2,1-2H3,(H,22,24)(H,27,28)/t14-/m0/s1. The number of benzene rings is 1. The third kappa shape index (κ3) is 7.89. The van der Waals surface area contributed by atoms with E-state index in [1.807, 2.05) is 0 Å². The van der Waals surface area contributed by atoms with Crippen LogP contribution in [0.5, 0.6) is 5.75 Å². The molecule has 0 bridgehead atoms. The number of esters is 1. The van der Waals surface area contributed by atoms with Crippen molar-refractivity contribution in [2.75, 3.05) is 32.9 Å². The lowest BCUT2D eigenvalue weighted by Gasteiger charge is -2.29. The molecule has 0 aromatic heterocycles. The van der Waals surface area contributed by atoms with Crippen LogP contribution in [0.2, 0.25) is 0 Å². The molecule has 0 saturated carbocycles. The molecule has 31 heavy (non-hydrogen) atoms. The fourth-order valence-electron chi connectivity index (χ4n) is 3.07. The molecule has 2 rings (SSSR count). The summed E-state index contributed by atoms with van der Waals surface area (Å²) in [5.41, 5.74) is 0.387. The lowest BCUT2D eigenvalue weighted by Crippen LogP contribution is -2.43. The number of ether oxygens (including phenoxy) is 3. The maximum Gasteiger partial charge on any atom is 0.407 e. The van der Waals surface area contributed by atoms with Gasteiger partial charge in [0.05, 0.1) is 18.8 Å². The summed E-state index contributed by atoms with van der Waals surface area (Å²) in [6, 6.07) is 5.48. The fraction of sp³-hybridized carbons (Fsp3) is 0.524. The number of piperidine rings is 1. The second-order valence-electron chi connectivity index (χ2n) is 7.05. The molecule has 1 aromatic carbocycles. The molecular weight excluding hydrogens is 408 g/mol. The van der Waals surface area contributed by atoms with Crippen molar-refractivity contribution in [2.24, 2.45) is 0 Å². The number of ketones is 1. The van der Waals surface area contributed by atoms with Crippen molar-refractivity contribution < 1.29 is 38.5 Å². The van der Waals surface area contributed by atoms with Crippen molar-refractivity contribution in [3.8, 4) is 5.75 Å². The van der Waals surface area contributed by atoms with Crippen LogP contribution in [0.1, 0.15) is 37.0 Å². The SMILES string of the molecule is CCOC(=O)COc1ccc(C(=O)[C@H](C)NC(=O)COC2CCN(C(=O)O)CC2)cc1. The minimum Gasteiger partial charge on any atom is -0.482 e. The maximum atomic E-state index is 12.5. The zero-order valence-electron chi connectivity index (χ0n) is 17.7. The number of nitrogens with one attached hydrogen (secondary N) is 1. The first-order valence-electron chi connectivity index (χ1n) is 10.1. The topological polar surface area (TPSA) is 131 Å². The third-order valence-electron chi connectivity index (χ3n) is 4.73. The lowest BCUT2D eigenvalue weighted by molar-refractivity contribution is -0.145. The summed E-state index contributed by atoms with van der Waals surface area (Å²) in [5.74, 6) is -0.756. The molecule has 1 atom stereocenters. The van der Waals surface area contributed by atoms with Crippen molar-refractivity contribution in [1.29, 1.82) is 0 Å². The van der Waals surface area contributed by atoms with Crippen molar-refractivity contribution >= 4 is 23.8 Å². The van der Waals surface area contributed by atoms with Crippen LogP contribution in [-0.2, 0) is 19.1 Å². The summed E-state index contributed by atoms with van der Waals surface area (Å²) in [6.45, 7) is 3.88. The van der Waals surface area contributed by atoms with E-state index in [2.05, 4.69) is 5.32 Å². The quantitative estimate of drug-likeness (QED) is 0.416. The van der Waals surface area contributed by atoms with Crippen LogP contribution in [0.4, 0.5) is 4.79 Å². The Morgan fingerprint density at radius 3 is 2.35 bits per heavy atom. The van der Waals surface area contributed by atoms with Gasteiger partial charge in [-0.25, -0.2) is 9.59 Å². The van der Waals surface area contributed by atoms with Crippen molar-refractivity contribution in [3.05, 3.63) is 29.8 Å². The number of carboxylic acid groups (broad SMARTS) is 1. The zero-order chi connectivity index (χ0) is 22.8. The maximum absolute atomic E-state index is 12.5. The molecule has 0 radical (unpaired) electrons. The number of carbonyl (C=O) groups is 4. The molecule has 1 saturated heterocycles. The molecule has 0 aliphatic carbocycles. The van der Waals surface area contributed by atoms with Crippen molar-refractivity contribution in [1.82, 2.24) is 10.2 Å². The van der Waals surface area contributed by atoms with Crippen LogP contribution >= 0.6 is 0 Å². The molecule has 0 unspecified atom stereocenters. The van der Waals surface area contributed by atoms with Gasteiger partial charge in [-0.15, -0.1) is 0 Å². The largest absolute Gasteiger partial charge is 0.482 e. The van der Waals surface area contributed by atoms with Crippen molar-refractivity contribution in [3.63, 3.8) is 0 Å². The number of hydrogen-bond acceptors (Lipinski definition) is 7. The molecule has 1 aromatic rings. The molecular formula is C21H28N2O8. The Morgan fingerprint density at radius 2 is 1.77 bits per heavy atom. The summed E-state index contributed by atoms with van der Waals surface area (Å²) in [7, 11) is 0. The van der Waals surface area contributed by atoms with Crippen LogP contribution in [0, 0.1) is 0 Å². The first-order chi connectivity index (χ1) is 14.8. The molecule has 0 spiro atoms. The van der Waals surface area contributed by atoms with E-state index in [9.17, 15) is 19.2 Å². The monoisotopic (exact) mass is 436 g/mol. The number of rotatable bonds is 10. The number of nitrogens with zero attached hydrogens (tertiary/aromatic N) is 1. The normalized spacial score (nSPS) is 15.1. The van der Waals surface area contributed by atoms with Crippen LogP contribution in [0.15, 0.2) is 24.3 Å². The highest BCUT2D eigenvalue weighted by molar-refractivity contribution is 6.01. The van der Waals surface area contributed by atoms with E-state index < -0.39 is 24.0 Å². The summed E-state index contributed by atoms with van der Waals surface area (Å²) in [5, 5.41) is 11.5. The molecule has 170 valence electrons. The van der Waals surface area contributed by atoms with Gasteiger partial charge in [-0.05, 0) is 51.0 Å². The van der Waals surface area contributed by atoms with E-state index in [0.29, 0.717) is 37.2 Å². The summed E-state index contributed by atoms with van der Waals surface area (Å²) in [4.78, 5) is 48.1. The highest BCUT2D eigenvalue weighted by Gasteiger charge is 2.24. The summed E-state index contributed by atoms with van der Waals surface area (Å²) in [6.07, 6.45) is -0.0891. The Bertz CT molecular complexity index is 772. The third-order valence-corrected chi connectivity index (χ3v) is 4.73. The van der Waals surface area contributed by atoms with E-state index in [1.165, 1.54) is 4.90 Å². The number of Topliss-reactive ketones (excluding diaryl/α,β-unsaturated/α-hetero) is 1. The Kier molecular flexibility index (Phi) is 9.26. The highest BCUT2D eigenvalue weighted by atomic mass is 16.6. The van der Waals surface area contributed by atoms with Gasteiger partial charge in [-0.1, -0.05) is 0 Å². The molecule has 10 nitrogen and oxygen atoms in total. The minimum absolute atomic E-state index is 0.186. The predicted molar refractivity (Wildman–Crippen MR) is 109 cm³/mol. The van der Waals surface area contributed by atoms with E-state index >= 15 is 0 Å². The first kappa shape index (κ1) is 24.1. The fourth-order valence-corrected chi connectivity index (χ4v) is 3.07. The second-order valence-corrected chi connectivity index (χ2v) is 7.05. The molecule has 1 aliphatic heterocycles. The lowest BCUT2D eigenvalue weighted by atomic mass is 10.1. The number of likely N-dealkylation sites (tertiary alicyclic amines) is 1. The van der Waals surface area contributed by atoms with Crippen LogP contribution in [-0.4, -0.2) is 78.8 Å². The predicted octanol–water partition coefficient (Wildman–Crippen LogP) is 1.47. The van der Waals surface area contributed by atoms with E-state index in [0.717, 1.165) is 0 Å². The average molecular weight is 436 g/mol. The molecule has 1 aliphatic rings. The van der Waals surface area contributed by atoms with E-state index in [-0.39, 0.29) is 31.7 Å². The highest BCUT2D eigenvalue weighted by Crippen LogP contribution is 2.15. The number of carbonyl (C=O) groups excluding carboxylic acids is 3. The van der Waals surface area contributed by atoms with Gasteiger partial charge < -0.3 is 29.5 Å². The summed E-state index contributed by atoms with van der Waals surface area (Å²) < 4.78 is 15.6. The van der Waals surface area contributed by atoms with Gasteiger partial charge in [-0.2, -0.15) is 0 Å². The van der Waals surface area contributed by atoms with Crippen molar-refractivity contribution in [2.45, 2.75) is 38.8 Å². The van der Waals surface area contributed by atoms with Gasteiger partial charge in [0.25, 0.3) is 0 Å². The summed E-state index contributed by atoms with van der Waals surface area (Å²) >= 11 is 0. The van der Waals surface area contributed by atoms with Crippen LogP contribution in [0.3, 0.4) is 0 Å². The van der Waals surface area contributed by atoms with E-state index in [1.54, 1.807) is 38.1 Å². The van der Waals surface area contributed by atoms with Gasteiger partial charge in [0.15, 0.2) is 12.4 Å². The van der Waals surface area contributed by atoms with E-state index in [4.69, 9.17) is 19.3 Å². The van der Waals surface area contributed by atoms with Gasteiger partial charge in [0.2, 0.25) is 5.91 Å². The number of hydrogen-bond donors (Lipinski definition) is 2.